The fourth-order valence-electron chi connectivity index (χ4n) is 4.02. The number of likely N-dealkylation sites (tertiary alicyclic amines) is 1. The van der Waals surface area contributed by atoms with Crippen molar-refractivity contribution in [1.82, 2.24) is 10.2 Å². The van der Waals surface area contributed by atoms with Gasteiger partial charge in [-0.15, -0.1) is 0 Å². The van der Waals surface area contributed by atoms with Crippen LogP contribution in [0.25, 0.3) is 0 Å². The van der Waals surface area contributed by atoms with E-state index >= 15 is 0 Å². The highest BCUT2D eigenvalue weighted by Gasteiger charge is 2.55. The van der Waals surface area contributed by atoms with Crippen LogP contribution in [0.15, 0.2) is 0 Å². The van der Waals surface area contributed by atoms with Crippen molar-refractivity contribution in [3.63, 3.8) is 0 Å². The summed E-state index contributed by atoms with van der Waals surface area (Å²) in [5.74, 6) is -0.109. The Balaban J connectivity index is 1.48. The maximum absolute atomic E-state index is 13.0. The second kappa shape index (κ2) is 5.18. The molecule has 2 saturated carbocycles. The molecule has 2 aliphatic heterocycles. The van der Waals surface area contributed by atoms with Gasteiger partial charge in [0.1, 0.15) is 6.17 Å². The number of ether oxygens (including phenoxy) is 1. The Bertz CT molecular complexity index is 490. The van der Waals surface area contributed by atoms with E-state index in [-0.39, 0.29) is 23.8 Å². The van der Waals surface area contributed by atoms with E-state index in [1.807, 2.05) is 0 Å². The van der Waals surface area contributed by atoms with E-state index in [1.165, 1.54) is 0 Å². The number of nitrogens with zero attached hydrogens (tertiary/aromatic N) is 1. The molecule has 22 heavy (non-hydrogen) atoms. The molecular weight excluding hydrogens is 287 g/mol. The molecule has 2 aliphatic carbocycles. The number of hydrogen-bond donors (Lipinski definition) is 1. The van der Waals surface area contributed by atoms with Crippen LogP contribution >= 0.6 is 0 Å². The van der Waals surface area contributed by atoms with Crippen LogP contribution in [0.1, 0.15) is 38.5 Å². The van der Waals surface area contributed by atoms with Crippen LogP contribution in [0.2, 0.25) is 0 Å². The number of alkyl halides is 1. The summed E-state index contributed by atoms with van der Waals surface area (Å²) in [7, 11) is 0. The minimum Gasteiger partial charge on any atom is -0.377 e. The molecule has 4 aliphatic rings. The summed E-state index contributed by atoms with van der Waals surface area (Å²) in [6.07, 6.45) is 3.27. The lowest BCUT2D eigenvalue weighted by Gasteiger charge is -2.44. The molecule has 0 radical (unpaired) electrons. The summed E-state index contributed by atoms with van der Waals surface area (Å²) < 4.78 is 18.8. The van der Waals surface area contributed by atoms with Crippen molar-refractivity contribution in [3.8, 4) is 0 Å². The van der Waals surface area contributed by atoms with Gasteiger partial charge in [0.2, 0.25) is 11.8 Å². The van der Waals surface area contributed by atoms with E-state index in [4.69, 9.17) is 4.74 Å². The zero-order valence-electron chi connectivity index (χ0n) is 12.7. The smallest absolute Gasteiger partial charge is 0.230 e. The van der Waals surface area contributed by atoms with Gasteiger partial charge < -0.3 is 15.0 Å². The summed E-state index contributed by atoms with van der Waals surface area (Å²) in [5, 5.41) is 3.09. The Labute approximate surface area is 129 Å². The third-order valence-corrected chi connectivity index (χ3v) is 5.72. The van der Waals surface area contributed by atoms with Gasteiger partial charge in [0.15, 0.2) is 0 Å². The average molecular weight is 310 g/mol. The lowest BCUT2D eigenvalue weighted by molar-refractivity contribution is -0.151. The summed E-state index contributed by atoms with van der Waals surface area (Å²) in [6.45, 7) is 1.64. The van der Waals surface area contributed by atoms with Gasteiger partial charge in [-0.05, 0) is 38.5 Å². The van der Waals surface area contributed by atoms with Crippen LogP contribution in [-0.4, -0.2) is 54.7 Å². The monoisotopic (exact) mass is 310 g/mol. The molecule has 2 heterocycles. The van der Waals surface area contributed by atoms with Gasteiger partial charge in [-0.25, -0.2) is 4.39 Å². The van der Waals surface area contributed by atoms with E-state index in [0.29, 0.717) is 51.4 Å². The average Bonchev–Trinajstić information content (AvgIpc) is 3.18. The SMILES string of the molecule is O=C(C1CC(F)C1)N1CC[C@H]2OCC[C@@]2(C(=O)NC2CC2)C1. The van der Waals surface area contributed by atoms with Gasteiger partial charge in [0.25, 0.3) is 0 Å². The topological polar surface area (TPSA) is 58.6 Å². The van der Waals surface area contributed by atoms with Crippen LogP contribution < -0.4 is 5.32 Å². The van der Waals surface area contributed by atoms with Gasteiger partial charge in [0.05, 0.1) is 11.5 Å². The molecule has 4 fully saturated rings. The van der Waals surface area contributed by atoms with Crippen molar-refractivity contribution in [3.05, 3.63) is 0 Å². The predicted molar refractivity (Wildman–Crippen MR) is 76.8 cm³/mol. The Hall–Kier alpha value is -1.17. The van der Waals surface area contributed by atoms with Gasteiger partial charge >= 0.3 is 0 Å². The molecule has 0 spiro atoms. The number of fused-ring (bicyclic) bond motifs is 1. The van der Waals surface area contributed by atoms with E-state index in [2.05, 4.69) is 5.32 Å². The molecule has 2 amide bonds. The molecule has 0 aromatic carbocycles. The molecule has 2 atom stereocenters. The lowest BCUT2D eigenvalue weighted by Crippen LogP contribution is -2.59. The highest BCUT2D eigenvalue weighted by Crippen LogP contribution is 2.43. The van der Waals surface area contributed by atoms with Crippen LogP contribution in [-0.2, 0) is 14.3 Å². The third-order valence-electron chi connectivity index (χ3n) is 5.72. The number of carbonyl (C=O) groups is 2. The van der Waals surface area contributed by atoms with E-state index in [1.54, 1.807) is 4.90 Å². The zero-order valence-corrected chi connectivity index (χ0v) is 12.7. The first kappa shape index (κ1) is 14.4. The minimum absolute atomic E-state index is 0.0258. The molecule has 0 aromatic rings. The molecule has 0 unspecified atom stereocenters. The van der Waals surface area contributed by atoms with Crippen LogP contribution in [0.3, 0.4) is 0 Å². The van der Waals surface area contributed by atoms with Gasteiger partial charge in [-0.2, -0.15) is 0 Å². The van der Waals surface area contributed by atoms with Crippen LogP contribution in [0.5, 0.6) is 0 Å². The summed E-state index contributed by atoms with van der Waals surface area (Å²) in [5.41, 5.74) is -0.588. The number of amides is 2. The molecule has 0 bridgehead atoms. The molecule has 122 valence electrons. The number of carbonyl (C=O) groups excluding carboxylic acids is 2. The Kier molecular flexibility index (Phi) is 3.40. The van der Waals surface area contributed by atoms with Crippen molar-refractivity contribution >= 4 is 11.8 Å². The number of hydrogen-bond acceptors (Lipinski definition) is 3. The van der Waals surface area contributed by atoms with Crippen molar-refractivity contribution in [2.24, 2.45) is 11.3 Å². The number of piperidine rings is 1. The fourth-order valence-corrected chi connectivity index (χ4v) is 4.02. The quantitative estimate of drug-likeness (QED) is 0.847. The Morgan fingerprint density at radius 2 is 2.00 bits per heavy atom. The van der Waals surface area contributed by atoms with Gasteiger partial charge in [0, 0.05) is 31.7 Å². The van der Waals surface area contributed by atoms with Crippen LogP contribution in [0.4, 0.5) is 4.39 Å². The van der Waals surface area contributed by atoms with Crippen molar-refractivity contribution in [1.29, 1.82) is 0 Å². The maximum Gasteiger partial charge on any atom is 0.230 e. The highest BCUT2D eigenvalue weighted by atomic mass is 19.1. The summed E-state index contributed by atoms with van der Waals surface area (Å²) in [6, 6.07) is 0.313. The second-order valence-electron chi connectivity index (χ2n) is 7.33. The first-order valence-electron chi connectivity index (χ1n) is 8.44. The standard InChI is InChI=1S/C16H23FN2O3/c17-11-7-10(8-11)14(20)19-5-3-13-16(9-19,4-6-22-13)15(21)18-12-1-2-12/h10-13H,1-9H2,(H,18,21)/t10?,11?,13-,16-/m1/s1. The fraction of sp³-hybridized carbons (Fsp3) is 0.875. The first-order chi connectivity index (χ1) is 10.6. The summed E-state index contributed by atoms with van der Waals surface area (Å²) in [4.78, 5) is 27.0. The Morgan fingerprint density at radius 1 is 1.23 bits per heavy atom. The third kappa shape index (κ3) is 2.32. The van der Waals surface area contributed by atoms with E-state index in [0.717, 1.165) is 12.8 Å². The van der Waals surface area contributed by atoms with Crippen molar-refractivity contribution in [2.75, 3.05) is 19.7 Å². The van der Waals surface area contributed by atoms with Crippen LogP contribution in [0, 0.1) is 11.3 Å². The first-order valence-corrected chi connectivity index (χ1v) is 8.44. The summed E-state index contributed by atoms with van der Waals surface area (Å²) >= 11 is 0. The molecule has 2 saturated heterocycles. The maximum atomic E-state index is 13.0. The zero-order chi connectivity index (χ0) is 15.3. The number of rotatable bonds is 3. The molecule has 4 rings (SSSR count). The molecule has 1 N–H and O–H groups in total. The second-order valence-corrected chi connectivity index (χ2v) is 7.33. The van der Waals surface area contributed by atoms with E-state index in [9.17, 15) is 14.0 Å². The van der Waals surface area contributed by atoms with E-state index < -0.39 is 11.6 Å². The van der Waals surface area contributed by atoms with Crippen molar-refractivity contribution in [2.45, 2.75) is 56.8 Å². The minimum atomic E-state index is -0.826. The molecule has 5 nitrogen and oxygen atoms in total. The highest BCUT2D eigenvalue weighted by molar-refractivity contribution is 5.86. The molecule has 0 aromatic heterocycles. The normalized spacial score (nSPS) is 40.8. The predicted octanol–water partition coefficient (Wildman–Crippen LogP) is 1.02. The molecular formula is C16H23FN2O3. The number of halogens is 1. The van der Waals surface area contributed by atoms with Crippen molar-refractivity contribution < 1.29 is 18.7 Å². The van der Waals surface area contributed by atoms with Gasteiger partial charge in [-0.3, -0.25) is 9.59 Å². The Morgan fingerprint density at radius 3 is 2.68 bits per heavy atom. The molecule has 6 heteroatoms. The lowest BCUT2D eigenvalue weighted by atomic mass is 9.74. The number of nitrogens with one attached hydrogen (secondary N) is 1. The largest absolute Gasteiger partial charge is 0.377 e. The van der Waals surface area contributed by atoms with Gasteiger partial charge in [-0.1, -0.05) is 0 Å².